The molecule has 0 aliphatic rings. The third-order valence-electron chi connectivity index (χ3n) is 1.97. The minimum Gasteiger partial charge on any atom is -0.387 e. The summed E-state index contributed by atoms with van der Waals surface area (Å²) in [6, 6.07) is 0. The lowest BCUT2D eigenvalue weighted by molar-refractivity contribution is 0.130. The van der Waals surface area contributed by atoms with E-state index in [0.717, 1.165) is 38.4 Å². The number of aliphatic imine (C=N–C) groups is 1. The lowest BCUT2D eigenvalue weighted by Gasteiger charge is -2.04. The van der Waals surface area contributed by atoms with Crippen LogP contribution in [0.3, 0.4) is 0 Å². The number of unbranched alkanes of at least 4 members (excludes halogenated alkanes) is 1. The Bertz CT molecular complexity index is 155. The molecule has 0 saturated heterocycles. The van der Waals surface area contributed by atoms with Gasteiger partial charge >= 0.3 is 0 Å². The van der Waals surface area contributed by atoms with E-state index in [1.165, 1.54) is 6.42 Å². The number of nitrogens with two attached hydrogens (primary N) is 1. The summed E-state index contributed by atoms with van der Waals surface area (Å²) in [4.78, 5) is 4.26. The van der Waals surface area contributed by atoms with Gasteiger partial charge in [-0.05, 0) is 12.8 Å². The zero-order valence-electron chi connectivity index (χ0n) is 9.75. The van der Waals surface area contributed by atoms with Gasteiger partial charge in [-0.25, -0.2) is 0 Å². The zero-order chi connectivity index (χ0) is 10.8. The Labute approximate surface area is 87.7 Å². The summed E-state index contributed by atoms with van der Waals surface area (Å²) in [7, 11) is 0. The highest BCUT2D eigenvalue weighted by atomic mass is 16.5. The maximum atomic E-state index is 5.69. The third-order valence-corrected chi connectivity index (χ3v) is 1.97. The van der Waals surface area contributed by atoms with Crippen LogP contribution in [-0.2, 0) is 4.74 Å². The van der Waals surface area contributed by atoms with E-state index in [4.69, 9.17) is 10.5 Å². The molecule has 2 N–H and O–H groups in total. The molecule has 0 aliphatic carbocycles. The molecule has 0 radical (unpaired) electrons. The van der Waals surface area contributed by atoms with E-state index in [-0.39, 0.29) is 0 Å². The van der Waals surface area contributed by atoms with Gasteiger partial charge in [0.1, 0.15) is 0 Å². The lowest BCUT2D eigenvalue weighted by atomic mass is 10.2. The molecule has 0 amide bonds. The number of hydrogen-bond acceptors (Lipinski definition) is 2. The van der Waals surface area contributed by atoms with Crippen LogP contribution in [0.1, 0.15) is 40.0 Å². The van der Waals surface area contributed by atoms with Crippen LogP contribution in [0.15, 0.2) is 4.99 Å². The van der Waals surface area contributed by atoms with Crippen molar-refractivity contribution in [1.82, 2.24) is 0 Å². The van der Waals surface area contributed by atoms with Crippen LogP contribution < -0.4 is 5.73 Å². The minimum absolute atomic E-state index is 0.357. The van der Waals surface area contributed by atoms with Crippen molar-refractivity contribution >= 4 is 5.84 Å². The van der Waals surface area contributed by atoms with Crippen molar-refractivity contribution in [3.8, 4) is 0 Å². The molecule has 0 spiro atoms. The van der Waals surface area contributed by atoms with E-state index < -0.39 is 0 Å². The molecule has 0 aromatic carbocycles. The van der Waals surface area contributed by atoms with Crippen molar-refractivity contribution in [3.05, 3.63) is 0 Å². The van der Waals surface area contributed by atoms with Gasteiger partial charge in [0.15, 0.2) is 0 Å². The van der Waals surface area contributed by atoms with Crippen molar-refractivity contribution < 1.29 is 4.74 Å². The van der Waals surface area contributed by atoms with E-state index in [2.05, 4.69) is 25.8 Å². The molecule has 0 atom stereocenters. The Morgan fingerprint density at radius 3 is 2.50 bits per heavy atom. The second-order valence-corrected chi connectivity index (χ2v) is 3.78. The Hall–Kier alpha value is -0.570. The van der Waals surface area contributed by atoms with E-state index in [0.29, 0.717) is 5.92 Å². The van der Waals surface area contributed by atoms with Gasteiger partial charge in [0, 0.05) is 25.7 Å². The van der Waals surface area contributed by atoms with Crippen molar-refractivity contribution in [3.63, 3.8) is 0 Å². The second-order valence-electron chi connectivity index (χ2n) is 3.78. The fraction of sp³-hybridized carbons (Fsp3) is 0.909. The first-order chi connectivity index (χ1) is 6.68. The summed E-state index contributed by atoms with van der Waals surface area (Å²) < 4.78 is 5.41. The quantitative estimate of drug-likeness (QED) is 0.371. The smallest absolute Gasteiger partial charge is 0.0962 e. The minimum atomic E-state index is 0.357. The molecule has 3 nitrogen and oxygen atoms in total. The van der Waals surface area contributed by atoms with Gasteiger partial charge in [-0.15, -0.1) is 0 Å². The molecule has 0 aliphatic heterocycles. The molecular weight excluding hydrogens is 176 g/mol. The summed E-state index contributed by atoms with van der Waals surface area (Å²) in [5, 5.41) is 0. The van der Waals surface area contributed by atoms with Gasteiger partial charge in [-0.2, -0.15) is 0 Å². The predicted molar refractivity (Wildman–Crippen MR) is 61.7 cm³/mol. The molecule has 0 aromatic rings. The predicted octanol–water partition coefficient (Wildman–Crippen LogP) is 2.21. The van der Waals surface area contributed by atoms with Crippen LogP contribution >= 0.6 is 0 Å². The molecule has 0 heterocycles. The van der Waals surface area contributed by atoms with E-state index in [1.807, 2.05) is 0 Å². The monoisotopic (exact) mass is 200 g/mol. The molecule has 3 heteroatoms. The number of hydrogen-bond donors (Lipinski definition) is 1. The highest BCUT2D eigenvalue weighted by Gasteiger charge is 1.97. The van der Waals surface area contributed by atoms with E-state index in [1.54, 1.807) is 0 Å². The standard InChI is InChI=1S/C11H24N2O/c1-4-5-8-14-9-6-7-13-11(12)10(2)3/h10H,4-9H2,1-3H3,(H2,12,13). The first-order valence-electron chi connectivity index (χ1n) is 5.56. The normalized spacial score (nSPS) is 12.4. The van der Waals surface area contributed by atoms with Crippen molar-refractivity contribution in [2.75, 3.05) is 19.8 Å². The van der Waals surface area contributed by atoms with Crippen molar-refractivity contribution in [2.45, 2.75) is 40.0 Å². The molecule has 0 unspecified atom stereocenters. The lowest BCUT2D eigenvalue weighted by Crippen LogP contribution is -2.19. The first-order valence-corrected chi connectivity index (χ1v) is 5.56. The summed E-state index contributed by atoms with van der Waals surface area (Å²) in [5.41, 5.74) is 5.69. The van der Waals surface area contributed by atoms with Gasteiger partial charge in [-0.3, -0.25) is 4.99 Å². The molecule has 0 bridgehead atoms. The molecule has 0 fully saturated rings. The number of rotatable bonds is 8. The van der Waals surface area contributed by atoms with Crippen LogP contribution in [-0.4, -0.2) is 25.6 Å². The Kier molecular flexibility index (Phi) is 8.64. The molecule has 14 heavy (non-hydrogen) atoms. The van der Waals surface area contributed by atoms with Crippen LogP contribution in [0.5, 0.6) is 0 Å². The topological polar surface area (TPSA) is 47.6 Å². The summed E-state index contributed by atoms with van der Waals surface area (Å²) in [5.74, 6) is 1.11. The maximum Gasteiger partial charge on any atom is 0.0962 e. The average molecular weight is 200 g/mol. The largest absolute Gasteiger partial charge is 0.387 e. The molecule has 0 rings (SSSR count). The number of nitrogens with zero attached hydrogens (tertiary/aromatic N) is 1. The highest BCUT2D eigenvalue weighted by Crippen LogP contribution is 1.93. The second kappa shape index (κ2) is 9.00. The fourth-order valence-corrected chi connectivity index (χ4v) is 0.906. The van der Waals surface area contributed by atoms with Gasteiger partial charge < -0.3 is 10.5 Å². The van der Waals surface area contributed by atoms with Crippen LogP contribution in [0, 0.1) is 5.92 Å². The van der Waals surface area contributed by atoms with Gasteiger partial charge in [-0.1, -0.05) is 27.2 Å². The average Bonchev–Trinajstić information content (AvgIpc) is 2.16. The van der Waals surface area contributed by atoms with E-state index in [9.17, 15) is 0 Å². The highest BCUT2D eigenvalue weighted by molar-refractivity contribution is 5.82. The van der Waals surface area contributed by atoms with E-state index >= 15 is 0 Å². The summed E-state index contributed by atoms with van der Waals surface area (Å²) in [6.07, 6.45) is 3.31. The molecule has 0 aromatic heterocycles. The first kappa shape index (κ1) is 13.4. The van der Waals surface area contributed by atoms with Gasteiger partial charge in [0.25, 0.3) is 0 Å². The molecule has 84 valence electrons. The molecule has 0 saturated carbocycles. The fourth-order valence-electron chi connectivity index (χ4n) is 0.906. The van der Waals surface area contributed by atoms with Crippen LogP contribution in [0.2, 0.25) is 0 Å². The Balaban J connectivity index is 3.24. The third kappa shape index (κ3) is 8.05. The van der Waals surface area contributed by atoms with Crippen molar-refractivity contribution in [1.29, 1.82) is 0 Å². The molecular formula is C11H24N2O. The summed E-state index contributed by atoms with van der Waals surface area (Å²) >= 11 is 0. The van der Waals surface area contributed by atoms with Crippen LogP contribution in [0.4, 0.5) is 0 Å². The van der Waals surface area contributed by atoms with Gasteiger partial charge in [0.05, 0.1) is 5.84 Å². The SMILES string of the molecule is CCCCOCCCN=C(N)C(C)C. The Morgan fingerprint density at radius 2 is 1.93 bits per heavy atom. The maximum absolute atomic E-state index is 5.69. The van der Waals surface area contributed by atoms with Crippen molar-refractivity contribution in [2.24, 2.45) is 16.6 Å². The number of ether oxygens (including phenoxy) is 1. The summed E-state index contributed by atoms with van der Waals surface area (Å²) in [6.45, 7) is 8.73. The Morgan fingerprint density at radius 1 is 1.29 bits per heavy atom. The zero-order valence-corrected chi connectivity index (χ0v) is 9.75. The number of amidine groups is 1. The van der Waals surface area contributed by atoms with Crippen LogP contribution in [0.25, 0.3) is 0 Å². The van der Waals surface area contributed by atoms with Gasteiger partial charge in [0.2, 0.25) is 0 Å².